The predicted octanol–water partition coefficient (Wildman–Crippen LogP) is 0.964. The molecule has 0 atom stereocenters. The molecule has 7 nitrogen and oxygen atoms in total. The first-order valence-electron chi connectivity index (χ1n) is 5.85. The van der Waals surface area contributed by atoms with Gasteiger partial charge in [0.1, 0.15) is 0 Å². The van der Waals surface area contributed by atoms with Gasteiger partial charge in [0.05, 0.1) is 9.82 Å². The molecule has 1 aromatic carbocycles. The lowest BCUT2D eigenvalue weighted by atomic mass is 10.3. The second kappa shape index (κ2) is 6.73. The van der Waals surface area contributed by atoms with Crippen LogP contribution in [0.15, 0.2) is 23.1 Å². The summed E-state index contributed by atoms with van der Waals surface area (Å²) in [6.45, 7) is 0.901. The second-order valence-electron chi connectivity index (χ2n) is 4.15. The van der Waals surface area contributed by atoms with Gasteiger partial charge >= 0.3 is 5.69 Å². The summed E-state index contributed by atoms with van der Waals surface area (Å²) in [5.41, 5.74) is -0.852. The zero-order valence-corrected chi connectivity index (χ0v) is 12.0. The molecule has 0 aliphatic carbocycles. The molecule has 0 spiro atoms. The van der Waals surface area contributed by atoms with Crippen LogP contribution in [-0.2, 0) is 10.0 Å². The van der Waals surface area contributed by atoms with E-state index in [1.807, 2.05) is 0 Å². The fraction of sp³-hybridized carbons (Fsp3) is 0.455. The number of hydrogen-bond donors (Lipinski definition) is 1. The Morgan fingerprint density at radius 1 is 1.45 bits per heavy atom. The number of nitrogens with zero attached hydrogens (tertiary/aromatic N) is 2. The van der Waals surface area contributed by atoms with Crippen LogP contribution in [0.4, 0.5) is 10.1 Å². The highest BCUT2D eigenvalue weighted by Crippen LogP contribution is 2.23. The molecule has 0 heterocycles. The first-order chi connectivity index (χ1) is 9.30. The van der Waals surface area contributed by atoms with E-state index in [9.17, 15) is 22.9 Å². The largest absolute Gasteiger partial charge is 0.320 e. The van der Waals surface area contributed by atoms with Crippen molar-refractivity contribution in [3.05, 3.63) is 34.1 Å². The van der Waals surface area contributed by atoms with Gasteiger partial charge in [0.25, 0.3) is 0 Å². The van der Waals surface area contributed by atoms with Gasteiger partial charge in [-0.2, -0.15) is 4.39 Å². The van der Waals surface area contributed by atoms with E-state index < -0.39 is 26.5 Å². The van der Waals surface area contributed by atoms with Crippen molar-refractivity contribution in [3.63, 3.8) is 0 Å². The standard InChI is InChI=1S/C11H16FN3O4S/c1-13-6-3-7-14(2)20(18,19)9-4-5-10(12)11(8-9)15(16)17/h4-5,8,13H,3,6-7H2,1-2H3. The highest BCUT2D eigenvalue weighted by atomic mass is 32.2. The van der Waals surface area contributed by atoms with E-state index in [0.717, 1.165) is 22.5 Å². The summed E-state index contributed by atoms with van der Waals surface area (Å²) in [7, 11) is -0.735. The van der Waals surface area contributed by atoms with Gasteiger partial charge in [-0.1, -0.05) is 0 Å². The average molecular weight is 305 g/mol. The van der Waals surface area contributed by atoms with Gasteiger partial charge in [-0.25, -0.2) is 12.7 Å². The number of nitro benzene ring substituents is 1. The number of benzene rings is 1. The van der Waals surface area contributed by atoms with E-state index >= 15 is 0 Å². The number of sulfonamides is 1. The maximum absolute atomic E-state index is 13.2. The molecular weight excluding hydrogens is 289 g/mol. The third kappa shape index (κ3) is 3.71. The Kier molecular flexibility index (Phi) is 5.54. The monoisotopic (exact) mass is 305 g/mol. The number of halogens is 1. The maximum Gasteiger partial charge on any atom is 0.306 e. The van der Waals surface area contributed by atoms with Crippen LogP contribution in [0.2, 0.25) is 0 Å². The first kappa shape index (κ1) is 16.5. The zero-order chi connectivity index (χ0) is 15.3. The molecule has 0 bridgehead atoms. The van der Waals surface area contributed by atoms with E-state index in [-0.39, 0.29) is 11.4 Å². The van der Waals surface area contributed by atoms with Gasteiger partial charge in [0, 0.05) is 19.7 Å². The van der Waals surface area contributed by atoms with Crippen LogP contribution in [0.25, 0.3) is 0 Å². The fourth-order valence-electron chi connectivity index (χ4n) is 1.57. The second-order valence-corrected chi connectivity index (χ2v) is 6.20. The van der Waals surface area contributed by atoms with Crippen molar-refractivity contribution < 1.29 is 17.7 Å². The van der Waals surface area contributed by atoms with Gasteiger partial charge in [-0.05, 0) is 32.1 Å². The van der Waals surface area contributed by atoms with Crippen molar-refractivity contribution in [2.24, 2.45) is 0 Å². The van der Waals surface area contributed by atoms with E-state index in [1.54, 1.807) is 7.05 Å². The Morgan fingerprint density at radius 3 is 2.65 bits per heavy atom. The van der Waals surface area contributed by atoms with Crippen LogP contribution >= 0.6 is 0 Å². The minimum Gasteiger partial charge on any atom is -0.320 e. The molecule has 0 aliphatic heterocycles. The van der Waals surface area contributed by atoms with Crippen molar-refractivity contribution in [2.45, 2.75) is 11.3 Å². The minimum atomic E-state index is -3.86. The molecule has 0 saturated heterocycles. The number of nitrogens with one attached hydrogen (secondary N) is 1. The van der Waals surface area contributed by atoms with Gasteiger partial charge < -0.3 is 5.32 Å². The molecule has 0 fully saturated rings. The Labute approximate surface area is 116 Å². The SMILES string of the molecule is CNCCCN(C)S(=O)(=O)c1ccc(F)c([N+](=O)[O-])c1. The molecule has 1 aromatic rings. The van der Waals surface area contributed by atoms with Crippen molar-refractivity contribution in [1.29, 1.82) is 0 Å². The van der Waals surface area contributed by atoms with Crippen molar-refractivity contribution in [2.75, 3.05) is 27.2 Å². The lowest BCUT2D eigenvalue weighted by molar-refractivity contribution is -0.387. The van der Waals surface area contributed by atoms with E-state index in [0.29, 0.717) is 13.0 Å². The zero-order valence-electron chi connectivity index (χ0n) is 11.2. The Balaban J connectivity index is 3.03. The lowest BCUT2D eigenvalue weighted by Crippen LogP contribution is -2.29. The highest BCUT2D eigenvalue weighted by molar-refractivity contribution is 7.89. The first-order valence-corrected chi connectivity index (χ1v) is 7.29. The molecule has 0 radical (unpaired) electrons. The van der Waals surface area contributed by atoms with E-state index in [1.165, 1.54) is 7.05 Å². The summed E-state index contributed by atoms with van der Waals surface area (Å²) < 4.78 is 38.6. The predicted molar refractivity (Wildman–Crippen MR) is 71.4 cm³/mol. The fourth-order valence-corrected chi connectivity index (χ4v) is 2.80. The van der Waals surface area contributed by atoms with Gasteiger partial charge in [-0.15, -0.1) is 0 Å². The van der Waals surface area contributed by atoms with Gasteiger partial charge in [0.15, 0.2) is 0 Å². The molecule has 112 valence electrons. The summed E-state index contributed by atoms with van der Waals surface area (Å²) >= 11 is 0. The Hall–Kier alpha value is -1.58. The third-order valence-corrected chi connectivity index (χ3v) is 4.58. The van der Waals surface area contributed by atoms with Crippen LogP contribution in [0.5, 0.6) is 0 Å². The van der Waals surface area contributed by atoms with Crippen LogP contribution in [0, 0.1) is 15.9 Å². The molecule has 9 heteroatoms. The Morgan fingerprint density at radius 2 is 2.10 bits per heavy atom. The van der Waals surface area contributed by atoms with Crippen molar-refractivity contribution >= 4 is 15.7 Å². The molecule has 0 unspecified atom stereocenters. The van der Waals surface area contributed by atoms with E-state index in [2.05, 4.69) is 5.32 Å². The molecular formula is C11H16FN3O4S. The molecule has 0 aliphatic rings. The van der Waals surface area contributed by atoms with Crippen LogP contribution in [0.3, 0.4) is 0 Å². The third-order valence-electron chi connectivity index (χ3n) is 2.72. The molecule has 20 heavy (non-hydrogen) atoms. The molecule has 1 N–H and O–H groups in total. The molecule has 0 amide bonds. The normalized spacial score (nSPS) is 11.8. The number of hydrogen-bond acceptors (Lipinski definition) is 5. The van der Waals surface area contributed by atoms with Gasteiger partial charge in [-0.3, -0.25) is 10.1 Å². The van der Waals surface area contributed by atoms with Crippen molar-refractivity contribution in [1.82, 2.24) is 9.62 Å². The van der Waals surface area contributed by atoms with Crippen molar-refractivity contribution in [3.8, 4) is 0 Å². The Bertz CT molecular complexity index is 591. The minimum absolute atomic E-state index is 0.258. The number of rotatable bonds is 7. The number of nitro groups is 1. The summed E-state index contributed by atoms with van der Waals surface area (Å²) in [5, 5.41) is 13.5. The highest BCUT2D eigenvalue weighted by Gasteiger charge is 2.24. The molecule has 1 rings (SSSR count). The topological polar surface area (TPSA) is 92.6 Å². The molecule has 0 saturated carbocycles. The maximum atomic E-state index is 13.2. The smallest absolute Gasteiger partial charge is 0.306 e. The van der Waals surface area contributed by atoms with Crippen LogP contribution < -0.4 is 5.32 Å². The summed E-state index contributed by atoms with van der Waals surface area (Å²) in [4.78, 5) is 9.39. The van der Waals surface area contributed by atoms with Crippen LogP contribution in [0.1, 0.15) is 6.42 Å². The lowest BCUT2D eigenvalue weighted by Gasteiger charge is -2.16. The molecule has 0 aromatic heterocycles. The quantitative estimate of drug-likeness (QED) is 0.460. The van der Waals surface area contributed by atoms with E-state index in [4.69, 9.17) is 0 Å². The summed E-state index contributed by atoms with van der Waals surface area (Å²) in [5.74, 6) is -1.06. The van der Waals surface area contributed by atoms with Gasteiger partial charge in [0.2, 0.25) is 15.8 Å². The average Bonchev–Trinajstić information content (AvgIpc) is 2.38. The summed E-state index contributed by atoms with van der Waals surface area (Å²) in [6, 6.07) is 2.54. The summed E-state index contributed by atoms with van der Waals surface area (Å²) in [6.07, 6.45) is 0.593. The van der Waals surface area contributed by atoms with Crippen LogP contribution in [-0.4, -0.2) is 44.8 Å².